The average Bonchev–Trinajstić information content (AvgIpc) is 3.23. The summed E-state index contributed by atoms with van der Waals surface area (Å²) in [5.74, 6) is 0.226. The van der Waals surface area contributed by atoms with Crippen molar-refractivity contribution in [3.05, 3.63) is 87.2 Å². The largest absolute Gasteiger partial charge is 0.480 e. The third-order valence-electron chi connectivity index (χ3n) is 6.06. The van der Waals surface area contributed by atoms with Gasteiger partial charge in [-0.25, -0.2) is 4.79 Å². The predicted octanol–water partition coefficient (Wildman–Crippen LogP) is 2.00. The van der Waals surface area contributed by atoms with Crippen molar-refractivity contribution in [2.45, 2.75) is 51.2 Å². The smallest absolute Gasteiger partial charge is 0.330 e. The number of benzene rings is 2. The molecular formula is C26H29N3O6. The number of ether oxygens (including phenoxy) is 2. The number of aromatic nitrogens is 2. The minimum absolute atomic E-state index is 0.0449. The van der Waals surface area contributed by atoms with Crippen molar-refractivity contribution < 1.29 is 19.4 Å². The van der Waals surface area contributed by atoms with Crippen molar-refractivity contribution >= 4 is 5.91 Å². The first-order valence-electron chi connectivity index (χ1n) is 11.6. The molecule has 1 saturated heterocycles. The third kappa shape index (κ3) is 5.52. The number of aliphatic hydroxyl groups is 1. The second kappa shape index (κ2) is 10.7. The first-order chi connectivity index (χ1) is 16.9. The highest BCUT2D eigenvalue weighted by molar-refractivity contribution is 5.81. The summed E-state index contributed by atoms with van der Waals surface area (Å²) in [6.45, 7) is 3.50. The van der Waals surface area contributed by atoms with Gasteiger partial charge < -0.3 is 19.9 Å². The van der Waals surface area contributed by atoms with Crippen LogP contribution >= 0.6 is 0 Å². The first-order valence-corrected chi connectivity index (χ1v) is 11.6. The van der Waals surface area contributed by atoms with Crippen LogP contribution in [0, 0.1) is 0 Å². The maximum Gasteiger partial charge on any atom is 0.330 e. The molecule has 184 valence electrons. The number of rotatable bonds is 8. The molecule has 1 aromatic heterocycles. The Kier molecular flexibility index (Phi) is 7.48. The van der Waals surface area contributed by atoms with Crippen LogP contribution in [0.25, 0.3) is 11.1 Å². The third-order valence-corrected chi connectivity index (χ3v) is 6.06. The van der Waals surface area contributed by atoms with Crippen LogP contribution in [-0.2, 0) is 16.0 Å². The maximum absolute atomic E-state index is 12.7. The average molecular weight is 480 g/mol. The molecule has 4 rings (SSSR count). The van der Waals surface area contributed by atoms with E-state index in [0.29, 0.717) is 17.7 Å². The fourth-order valence-electron chi connectivity index (χ4n) is 4.08. The van der Waals surface area contributed by atoms with Crippen LogP contribution in [0.5, 0.6) is 5.75 Å². The molecule has 1 unspecified atom stereocenters. The lowest BCUT2D eigenvalue weighted by atomic mass is 10.0. The van der Waals surface area contributed by atoms with Crippen LogP contribution in [0.4, 0.5) is 0 Å². The lowest BCUT2D eigenvalue weighted by molar-refractivity contribution is -0.128. The number of aliphatic hydroxyl groups excluding tert-OH is 1. The topological polar surface area (TPSA) is 123 Å². The zero-order valence-electron chi connectivity index (χ0n) is 19.6. The maximum atomic E-state index is 12.7. The second-order valence-electron chi connectivity index (χ2n) is 8.47. The van der Waals surface area contributed by atoms with Gasteiger partial charge in [0.25, 0.3) is 11.5 Å². The Labute approximate surface area is 202 Å². The summed E-state index contributed by atoms with van der Waals surface area (Å²) in [7, 11) is 0. The molecular weight excluding hydrogens is 450 g/mol. The number of hydrogen-bond donors (Lipinski definition) is 3. The van der Waals surface area contributed by atoms with E-state index in [1.807, 2.05) is 61.5 Å². The van der Waals surface area contributed by atoms with E-state index in [9.17, 15) is 19.5 Å². The molecule has 1 aliphatic rings. The van der Waals surface area contributed by atoms with Gasteiger partial charge in [0, 0.05) is 30.3 Å². The number of carbonyl (C=O) groups is 1. The van der Waals surface area contributed by atoms with Gasteiger partial charge in [-0.15, -0.1) is 0 Å². The Balaban J connectivity index is 1.37. The first kappa shape index (κ1) is 24.4. The van der Waals surface area contributed by atoms with E-state index < -0.39 is 35.8 Å². The quantitative estimate of drug-likeness (QED) is 0.454. The van der Waals surface area contributed by atoms with Gasteiger partial charge in [-0.3, -0.25) is 19.1 Å². The molecule has 35 heavy (non-hydrogen) atoms. The molecule has 2 aromatic carbocycles. The zero-order chi connectivity index (χ0) is 24.9. The highest BCUT2D eigenvalue weighted by atomic mass is 16.5. The number of nitrogens with one attached hydrogen (secondary N) is 2. The molecule has 0 saturated carbocycles. The number of carbonyl (C=O) groups excluding carboxylic acids is 1. The van der Waals surface area contributed by atoms with E-state index in [1.54, 1.807) is 6.92 Å². The fraction of sp³-hybridized carbons (Fsp3) is 0.346. The highest BCUT2D eigenvalue weighted by Crippen LogP contribution is 2.30. The summed E-state index contributed by atoms with van der Waals surface area (Å²) in [5.41, 5.74) is 1.27. The lowest BCUT2D eigenvalue weighted by Crippen LogP contribution is -2.42. The van der Waals surface area contributed by atoms with Crippen molar-refractivity contribution in [1.82, 2.24) is 14.9 Å². The molecule has 3 aromatic rings. The Morgan fingerprint density at radius 2 is 1.91 bits per heavy atom. The molecule has 2 heterocycles. The molecule has 0 radical (unpaired) electrons. The molecule has 3 N–H and O–H groups in total. The van der Waals surface area contributed by atoms with Crippen molar-refractivity contribution in [2.75, 3.05) is 6.54 Å². The Hall–Kier alpha value is -3.69. The Morgan fingerprint density at radius 1 is 1.20 bits per heavy atom. The van der Waals surface area contributed by atoms with Crippen LogP contribution in [0.2, 0.25) is 0 Å². The van der Waals surface area contributed by atoms with Gasteiger partial charge in [-0.05, 0) is 25.0 Å². The normalized spacial score (nSPS) is 20.4. The van der Waals surface area contributed by atoms with E-state index in [-0.39, 0.29) is 18.9 Å². The monoisotopic (exact) mass is 479 g/mol. The summed E-state index contributed by atoms with van der Waals surface area (Å²) >= 11 is 0. The minimum atomic E-state index is -0.890. The molecule has 0 spiro atoms. The molecule has 1 amide bonds. The van der Waals surface area contributed by atoms with Crippen LogP contribution < -0.4 is 21.3 Å². The van der Waals surface area contributed by atoms with Gasteiger partial charge in [0.05, 0.1) is 6.10 Å². The fourth-order valence-corrected chi connectivity index (χ4v) is 4.08. The SMILES string of the molecule is CCc1cn([C@@H]2CC(O)[C@H](CNC(=O)[C@H](C)Oc3ccccc3-c3ccccc3)O2)c(=O)[nH]c1=O. The van der Waals surface area contributed by atoms with Gasteiger partial charge in [-0.2, -0.15) is 0 Å². The molecule has 9 heteroatoms. The molecule has 4 atom stereocenters. The van der Waals surface area contributed by atoms with Gasteiger partial charge in [0.2, 0.25) is 0 Å². The van der Waals surface area contributed by atoms with Crippen LogP contribution in [0.1, 0.15) is 32.1 Å². The number of H-pyrrole nitrogens is 1. The summed E-state index contributed by atoms with van der Waals surface area (Å²) in [4.78, 5) is 39.0. The van der Waals surface area contributed by atoms with Crippen molar-refractivity contribution in [1.29, 1.82) is 0 Å². The number of aryl methyl sites for hydroxylation is 1. The molecule has 1 fully saturated rings. The van der Waals surface area contributed by atoms with Crippen molar-refractivity contribution in [3.63, 3.8) is 0 Å². The van der Waals surface area contributed by atoms with E-state index in [1.165, 1.54) is 10.8 Å². The highest BCUT2D eigenvalue weighted by Gasteiger charge is 2.36. The van der Waals surface area contributed by atoms with Crippen LogP contribution in [0.15, 0.2) is 70.4 Å². The van der Waals surface area contributed by atoms with Gasteiger partial charge >= 0.3 is 5.69 Å². The van der Waals surface area contributed by atoms with Gasteiger partial charge in [0.1, 0.15) is 18.1 Å². The Morgan fingerprint density at radius 3 is 2.66 bits per heavy atom. The van der Waals surface area contributed by atoms with Crippen molar-refractivity contribution in [3.8, 4) is 16.9 Å². The summed E-state index contributed by atoms with van der Waals surface area (Å²) < 4.78 is 13.1. The number of nitrogens with zero attached hydrogens (tertiary/aromatic N) is 1. The van der Waals surface area contributed by atoms with Gasteiger partial charge in [0.15, 0.2) is 6.10 Å². The molecule has 0 aliphatic carbocycles. The van der Waals surface area contributed by atoms with E-state index in [2.05, 4.69) is 10.3 Å². The number of para-hydroxylation sites is 1. The Bertz CT molecular complexity index is 1290. The molecule has 9 nitrogen and oxygen atoms in total. The van der Waals surface area contributed by atoms with E-state index >= 15 is 0 Å². The lowest BCUT2D eigenvalue weighted by Gasteiger charge is -2.20. The number of amides is 1. The van der Waals surface area contributed by atoms with Gasteiger partial charge in [-0.1, -0.05) is 55.5 Å². The standard InChI is InChI=1S/C26H29N3O6/c1-3-17-15-29(26(33)28-25(17)32)23-13-20(30)22(35-23)14-27-24(31)16(2)34-21-12-8-7-11-19(21)18-9-5-4-6-10-18/h4-12,15-16,20,22-23,30H,3,13-14H2,1-2H3,(H,27,31)(H,28,32,33)/t16-,20?,22-,23-/m0/s1. The molecule has 1 aliphatic heterocycles. The predicted molar refractivity (Wildman–Crippen MR) is 130 cm³/mol. The summed E-state index contributed by atoms with van der Waals surface area (Å²) in [6.07, 6.45) is -1.06. The number of hydrogen-bond acceptors (Lipinski definition) is 6. The molecule has 0 bridgehead atoms. The minimum Gasteiger partial charge on any atom is -0.480 e. The summed E-state index contributed by atoms with van der Waals surface area (Å²) in [5, 5.41) is 13.2. The van der Waals surface area contributed by atoms with E-state index in [4.69, 9.17) is 9.47 Å². The van der Waals surface area contributed by atoms with Crippen LogP contribution in [-0.4, -0.2) is 45.4 Å². The van der Waals surface area contributed by atoms with E-state index in [0.717, 1.165) is 11.1 Å². The van der Waals surface area contributed by atoms with Crippen molar-refractivity contribution in [2.24, 2.45) is 0 Å². The summed E-state index contributed by atoms with van der Waals surface area (Å²) in [6, 6.07) is 17.2. The number of aromatic amines is 1. The second-order valence-corrected chi connectivity index (χ2v) is 8.47. The zero-order valence-corrected chi connectivity index (χ0v) is 19.6. The van der Waals surface area contributed by atoms with Crippen LogP contribution in [0.3, 0.4) is 0 Å².